The van der Waals surface area contributed by atoms with Crippen LogP contribution in [-0.4, -0.2) is 13.4 Å². The van der Waals surface area contributed by atoms with Gasteiger partial charge in [0.15, 0.2) is 0 Å². The van der Waals surface area contributed by atoms with Crippen LogP contribution in [0.3, 0.4) is 0 Å². The fraction of sp³-hybridized carbons (Fsp3) is 0.191. The third-order valence-electron chi connectivity index (χ3n) is 20.8. The molecule has 16 rings (SSSR count). The number of anilines is 6. The van der Waals surface area contributed by atoms with Crippen molar-refractivity contribution in [2.45, 2.75) is 110 Å². The van der Waals surface area contributed by atoms with Crippen LogP contribution in [0.1, 0.15) is 128 Å². The molecule has 0 N–H and O–H groups in total. The van der Waals surface area contributed by atoms with Crippen molar-refractivity contribution in [1.82, 2.24) is 0 Å². The van der Waals surface area contributed by atoms with Crippen molar-refractivity contribution >= 4 is 80.3 Å². The number of para-hydroxylation sites is 2. The lowest BCUT2D eigenvalue weighted by molar-refractivity contribution is 0.488. The van der Waals surface area contributed by atoms with E-state index in [1.54, 1.807) is 0 Å². The van der Waals surface area contributed by atoms with Crippen molar-refractivity contribution in [3.05, 3.63) is 311 Å². The largest absolute Gasteiger partial charge is 0.458 e. The van der Waals surface area contributed by atoms with Gasteiger partial charge in [-0.1, -0.05) is 276 Å². The van der Waals surface area contributed by atoms with Crippen LogP contribution < -0.4 is 52.1 Å². The predicted molar refractivity (Wildman–Crippen MR) is 402 cm³/mol. The molecule has 6 heteroatoms. The zero-order valence-corrected chi connectivity index (χ0v) is 56.8. The summed E-state index contributed by atoms with van der Waals surface area (Å²) in [6.45, 7) is 27.3. The zero-order chi connectivity index (χ0) is 65.5. The van der Waals surface area contributed by atoms with Crippen molar-refractivity contribution in [1.29, 1.82) is 0 Å². The van der Waals surface area contributed by atoms with Crippen LogP contribution in [0.15, 0.2) is 267 Å². The number of fused-ring (bicyclic) bond motifs is 16. The summed E-state index contributed by atoms with van der Waals surface area (Å²) in [5.41, 5.74) is 27.0. The Labute approximate surface area is 563 Å². The molecule has 0 saturated heterocycles. The van der Waals surface area contributed by atoms with Gasteiger partial charge >= 0.3 is 0 Å². The molecule has 0 aromatic heterocycles. The summed E-state index contributed by atoms with van der Waals surface area (Å²) in [6, 6.07) is 101. The molecule has 95 heavy (non-hydrogen) atoms. The fourth-order valence-electron chi connectivity index (χ4n) is 15.8. The monoisotopic (exact) mass is 1230 g/mol. The van der Waals surface area contributed by atoms with Crippen LogP contribution >= 0.6 is 0 Å². The Morgan fingerprint density at radius 1 is 0.274 bits per heavy atom. The normalized spacial score (nSPS) is 13.9. The quantitative estimate of drug-likeness (QED) is 0.142. The van der Waals surface area contributed by atoms with Crippen LogP contribution in [0.4, 0.5) is 34.1 Å². The zero-order valence-electron chi connectivity index (χ0n) is 56.8. The summed E-state index contributed by atoms with van der Waals surface area (Å²) in [5, 5.41) is 0. The molecule has 12 aromatic rings. The standard InChI is InChI=1S/C89H80B2N2O2/c1-85(2,3)57-31-39-63(40-32-57)92(64-41-33-58(34-42-64)86(4,5)6)67-47-49-71-69(55-67)81-73(51-53-77-83(81)94-79-29-21-19-27-75(79)90(77)61-23-15-13-16-24-61)89(71)72-50-48-68(93(65-43-35-59(36-44-65)87(7,8)9)66-45-37-60(38-46-66)88(10,11)12)56-70(72)82-74(89)52-54-78-84(82)95-80-30-22-20-28-76(80)91(78)62-25-17-14-18-26-62/h13-56H,1-12H3. The second-order valence-corrected chi connectivity index (χ2v) is 30.8. The number of rotatable bonds is 8. The SMILES string of the molecule is CC(C)(C)c1ccc(N(c2ccc(C(C)(C)C)cc2)c2ccc3c(c2)-c2c(ccc4c2Oc2ccccc2B4c2ccccc2)C32c3ccc(N(c4ccc(C(C)(C)C)cc4)c4ccc(C(C)(C)C)cc4)cc3-c3c2ccc2c3Oc3ccccc3B2c2ccccc2)cc1. The summed E-state index contributed by atoms with van der Waals surface area (Å²) < 4.78 is 15.2. The minimum Gasteiger partial charge on any atom is -0.458 e. The van der Waals surface area contributed by atoms with Crippen molar-refractivity contribution in [3.63, 3.8) is 0 Å². The topological polar surface area (TPSA) is 24.9 Å². The Balaban J connectivity index is 1.00. The number of ether oxygens (including phenoxy) is 2. The van der Waals surface area contributed by atoms with Gasteiger partial charge in [-0.3, -0.25) is 0 Å². The van der Waals surface area contributed by atoms with Crippen LogP contribution in [0, 0.1) is 0 Å². The Hall–Kier alpha value is -10.0. The van der Waals surface area contributed by atoms with Gasteiger partial charge in [-0.2, -0.15) is 0 Å². The van der Waals surface area contributed by atoms with Crippen molar-refractivity contribution < 1.29 is 9.47 Å². The van der Waals surface area contributed by atoms with Gasteiger partial charge in [0.25, 0.3) is 13.4 Å². The third kappa shape index (κ3) is 9.80. The molecule has 0 amide bonds. The summed E-state index contributed by atoms with van der Waals surface area (Å²) in [6.07, 6.45) is 0. The Kier molecular flexibility index (Phi) is 13.9. The van der Waals surface area contributed by atoms with Gasteiger partial charge in [-0.05, 0) is 184 Å². The summed E-state index contributed by atoms with van der Waals surface area (Å²) >= 11 is 0. The van der Waals surface area contributed by atoms with Crippen LogP contribution in [-0.2, 0) is 27.1 Å². The Bertz CT molecular complexity index is 4540. The molecule has 0 fully saturated rings. The smallest absolute Gasteiger partial charge is 0.250 e. The molecular formula is C89H80B2N2O2. The van der Waals surface area contributed by atoms with Gasteiger partial charge in [0.1, 0.15) is 23.0 Å². The van der Waals surface area contributed by atoms with Crippen LogP contribution in [0.5, 0.6) is 23.0 Å². The maximum atomic E-state index is 7.62. The average molecular weight is 1230 g/mol. The van der Waals surface area contributed by atoms with E-state index in [4.69, 9.17) is 9.47 Å². The van der Waals surface area contributed by atoms with Crippen molar-refractivity contribution in [2.75, 3.05) is 9.80 Å². The molecule has 2 aliphatic heterocycles. The van der Waals surface area contributed by atoms with E-state index in [0.717, 1.165) is 101 Å². The van der Waals surface area contributed by atoms with Gasteiger partial charge in [0.05, 0.1) is 5.41 Å². The van der Waals surface area contributed by atoms with Gasteiger partial charge in [-0.15, -0.1) is 0 Å². The maximum absolute atomic E-state index is 7.62. The van der Waals surface area contributed by atoms with E-state index < -0.39 is 5.41 Å². The molecule has 0 atom stereocenters. The molecule has 2 heterocycles. The first-order valence-corrected chi connectivity index (χ1v) is 33.9. The summed E-state index contributed by atoms with van der Waals surface area (Å²) in [4.78, 5) is 4.90. The highest BCUT2D eigenvalue weighted by molar-refractivity contribution is 6.97. The fourth-order valence-corrected chi connectivity index (χ4v) is 15.8. The van der Waals surface area contributed by atoms with E-state index in [9.17, 15) is 0 Å². The van der Waals surface area contributed by atoms with Gasteiger partial charge in [0.2, 0.25) is 0 Å². The molecule has 4 nitrogen and oxygen atoms in total. The lowest BCUT2D eigenvalue weighted by Crippen LogP contribution is -2.55. The second-order valence-electron chi connectivity index (χ2n) is 30.8. The molecule has 4 aliphatic rings. The Morgan fingerprint density at radius 2 is 0.558 bits per heavy atom. The van der Waals surface area contributed by atoms with Gasteiger partial charge in [0, 0.05) is 45.3 Å². The predicted octanol–water partition coefficient (Wildman–Crippen LogP) is 19.4. The second kappa shape index (κ2) is 22.0. The molecule has 0 unspecified atom stereocenters. The van der Waals surface area contributed by atoms with Gasteiger partial charge in [-0.25, -0.2) is 0 Å². The number of hydrogen-bond acceptors (Lipinski definition) is 4. The van der Waals surface area contributed by atoms with E-state index in [2.05, 4.69) is 360 Å². The Morgan fingerprint density at radius 3 is 0.874 bits per heavy atom. The minimum absolute atomic E-state index is 0.0168. The van der Waals surface area contributed by atoms with Crippen molar-refractivity contribution in [3.8, 4) is 45.3 Å². The van der Waals surface area contributed by atoms with E-state index in [1.807, 2.05) is 0 Å². The van der Waals surface area contributed by atoms with E-state index in [1.165, 1.54) is 55.4 Å². The number of nitrogens with zero attached hydrogens (tertiary/aromatic N) is 2. The minimum atomic E-state index is -0.845. The molecule has 12 aromatic carbocycles. The summed E-state index contributed by atoms with van der Waals surface area (Å²) in [7, 11) is 0. The van der Waals surface area contributed by atoms with Crippen LogP contribution in [0.25, 0.3) is 22.3 Å². The molecular weight excluding hydrogens is 1150 g/mol. The first-order chi connectivity index (χ1) is 45.6. The lowest BCUT2D eigenvalue weighted by Gasteiger charge is -2.33. The van der Waals surface area contributed by atoms with E-state index in [0.29, 0.717) is 0 Å². The summed E-state index contributed by atoms with van der Waals surface area (Å²) in [5.74, 6) is 3.53. The number of hydrogen-bond donors (Lipinski definition) is 0. The van der Waals surface area contributed by atoms with E-state index >= 15 is 0 Å². The van der Waals surface area contributed by atoms with Gasteiger partial charge < -0.3 is 19.3 Å². The molecule has 2 aliphatic carbocycles. The lowest BCUT2D eigenvalue weighted by atomic mass is 9.35. The first-order valence-electron chi connectivity index (χ1n) is 33.9. The average Bonchev–Trinajstić information content (AvgIpc) is 1.50. The van der Waals surface area contributed by atoms with Crippen LogP contribution in [0.2, 0.25) is 0 Å². The van der Waals surface area contributed by atoms with Crippen molar-refractivity contribution in [2.24, 2.45) is 0 Å². The number of benzene rings is 12. The maximum Gasteiger partial charge on any atom is 0.250 e. The van der Waals surface area contributed by atoms with E-state index in [-0.39, 0.29) is 35.1 Å². The highest BCUT2D eigenvalue weighted by Gasteiger charge is 2.56. The molecule has 0 saturated carbocycles. The third-order valence-corrected chi connectivity index (χ3v) is 20.8. The molecule has 0 radical (unpaired) electrons. The highest BCUT2D eigenvalue weighted by Crippen LogP contribution is 2.67. The molecule has 0 bridgehead atoms. The first kappa shape index (κ1) is 59.9. The molecule has 464 valence electrons. The highest BCUT2D eigenvalue weighted by atomic mass is 16.5. The molecule has 1 spiro atoms.